The maximum atomic E-state index is 13.5. The van der Waals surface area contributed by atoms with E-state index in [2.05, 4.69) is 5.32 Å². The average Bonchev–Trinajstić information content (AvgIpc) is 2.82. The fraction of sp³-hybridized carbons (Fsp3) is 0.185. The lowest BCUT2D eigenvalue weighted by Crippen LogP contribution is -2.24. The van der Waals surface area contributed by atoms with Gasteiger partial charge in [-0.25, -0.2) is 12.8 Å². The third-order valence-corrected chi connectivity index (χ3v) is 7.48. The quantitative estimate of drug-likeness (QED) is 0.429. The molecule has 0 bridgehead atoms. The molecule has 6 nitrogen and oxygen atoms in total. The summed E-state index contributed by atoms with van der Waals surface area (Å²) in [4.78, 5) is 25.5. The van der Waals surface area contributed by atoms with Crippen molar-refractivity contribution in [3.63, 3.8) is 0 Å². The van der Waals surface area contributed by atoms with Gasteiger partial charge in [-0.15, -0.1) is 0 Å². The zero-order valence-corrected chi connectivity index (χ0v) is 20.4. The van der Waals surface area contributed by atoms with Gasteiger partial charge in [-0.05, 0) is 59.5 Å². The number of pyridine rings is 1. The molecule has 0 saturated carbocycles. The normalized spacial score (nSPS) is 12.0. The predicted octanol–water partition coefficient (Wildman–Crippen LogP) is 4.91. The largest absolute Gasteiger partial charge is 0.336 e. The van der Waals surface area contributed by atoms with Crippen LogP contribution in [0.15, 0.2) is 93.6 Å². The van der Waals surface area contributed by atoms with Crippen molar-refractivity contribution in [1.29, 1.82) is 0 Å². The van der Waals surface area contributed by atoms with Gasteiger partial charge in [0.15, 0.2) is 0 Å². The summed E-state index contributed by atoms with van der Waals surface area (Å²) in [6.07, 6.45) is 1.21. The Kier molecular flexibility index (Phi) is 6.34. The van der Waals surface area contributed by atoms with Crippen LogP contribution in [0.2, 0.25) is 0 Å². The summed E-state index contributed by atoms with van der Waals surface area (Å²) in [7, 11) is -4.15. The molecule has 8 heteroatoms. The molecule has 1 heterocycles. The van der Waals surface area contributed by atoms with E-state index in [-0.39, 0.29) is 22.2 Å². The van der Waals surface area contributed by atoms with Crippen molar-refractivity contribution in [3.05, 3.63) is 101 Å². The van der Waals surface area contributed by atoms with E-state index in [1.54, 1.807) is 30.3 Å². The molecule has 35 heavy (non-hydrogen) atoms. The number of sulfone groups is 1. The van der Waals surface area contributed by atoms with E-state index < -0.39 is 31.9 Å². The van der Waals surface area contributed by atoms with Crippen molar-refractivity contribution in [2.24, 2.45) is 0 Å². The number of hydrogen-bond donors (Lipinski definition) is 1. The van der Waals surface area contributed by atoms with Gasteiger partial charge >= 0.3 is 0 Å². The van der Waals surface area contributed by atoms with Crippen LogP contribution in [-0.2, 0) is 26.6 Å². The second-order valence-corrected chi connectivity index (χ2v) is 11.2. The SMILES string of the molecule is CC(C)(C)c1ccc(S(=O)(=O)c2cn(CC(=O)Nc3ccc(F)cc3)c3ccccc3c2=O)cc1. The van der Waals surface area contributed by atoms with Crippen LogP contribution in [0.3, 0.4) is 0 Å². The standard InChI is InChI=1S/C27H25FN2O4S/c1-27(2,3)18-8-14-21(15-9-18)35(33,34)24-16-30(23-7-5-4-6-22(23)26(24)32)17-25(31)29-20-12-10-19(28)11-13-20/h4-16H,17H2,1-3H3,(H,29,31). The minimum absolute atomic E-state index is 0.000180. The minimum atomic E-state index is -4.15. The number of hydrogen-bond acceptors (Lipinski definition) is 4. The molecule has 0 aliphatic rings. The fourth-order valence-electron chi connectivity index (χ4n) is 3.79. The lowest BCUT2D eigenvalue weighted by atomic mass is 9.87. The number of carbonyl (C=O) groups excluding carboxylic acids is 1. The summed E-state index contributed by atoms with van der Waals surface area (Å²) >= 11 is 0. The smallest absolute Gasteiger partial charge is 0.244 e. The van der Waals surface area contributed by atoms with Crippen molar-refractivity contribution >= 4 is 32.3 Å². The van der Waals surface area contributed by atoms with E-state index in [0.29, 0.717) is 11.2 Å². The van der Waals surface area contributed by atoms with E-state index in [4.69, 9.17) is 0 Å². The van der Waals surface area contributed by atoms with Crippen molar-refractivity contribution < 1.29 is 17.6 Å². The van der Waals surface area contributed by atoms with E-state index in [1.807, 2.05) is 20.8 Å². The molecule has 0 saturated heterocycles. The van der Waals surface area contributed by atoms with Crippen molar-refractivity contribution in [3.8, 4) is 0 Å². The van der Waals surface area contributed by atoms with Gasteiger partial charge in [0, 0.05) is 17.3 Å². The molecule has 180 valence electrons. The number of nitrogens with one attached hydrogen (secondary N) is 1. The lowest BCUT2D eigenvalue weighted by molar-refractivity contribution is -0.116. The lowest BCUT2D eigenvalue weighted by Gasteiger charge is -2.19. The third-order valence-electron chi connectivity index (χ3n) is 5.72. The van der Waals surface area contributed by atoms with Crippen LogP contribution in [0.1, 0.15) is 26.3 Å². The number of fused-ring (bicyclic) bond motifs is 1. The summed E-state index contributed by atoms with van der Waals surface area (Å²) in [6, 6.07) is 18.3. The molecule has 0 unspecified atom stereocenters. The molecule has 1 aromatic heterocycles. The van der Waals surface area contributed by atoms with Gasteiger partial charge in [-0.3, -0.25) is 9.59 Å². The molecule has 3 aromatic carbocycles. The Balaban J connectivity index is 1.76. The highest BCUT2D eigenvalue weighted by atomic mass is 32.2. The summed E-state index contributed by atoms with van der Waals surface area (Å²) in [6.45, 7) is 5.82. The molecule has 4 rings (SSSR count). The maximum absolute atomic E-state index is 13.5. The Labute approximate surface area is 203 Å². The molecule has 0 spiro atoms. The Bertz CT molecular complexity index is 1570. The van der Waals surface area contributed by atoms with Crippen molar-refractivity contribution in [1.82, 2.24) is 4.57 Å². The summed E-state index contributed by atoms with van der Waals surface area (Å²) in [5, 5.41) is 2.84. The first-order chi connectivity index (χ1) is 16.5. The number of benzene rings is 3. The van der Waals surface area contributed by atoms with Crippen LogP contribution in [0, 0.1) is 5.82 Å². The Morgan fingerprint density at radius 2 is 1.57 bits per heavy atom. The summed E-state index contributed by atoms with van der Waals surface area (Å²) in [5.74, 6) is -0.886. The van der Waals surface area contributed by atoms with Crippen LogP contribution in [0.25, 0.3) is 10.9 Å². The first-order valence-electron chi connectivity index (χ1n) is 11.0. The number of aromatic nitrogens is 1. The average molecular weight is 493 g/mol. The highest BCUT2D eigenvalue weighted by Crippen LogP contribution is 2.26. The number of carbonyl (C=O) groups is 1. The minimum Gasteiger partial charge on any atom is -0.336 e. The van der Waals surface area contributed by atoms with Crippen LogP contribution in [-0.4, -0.2) is 18.9 Å². The van der Waals surface area contributed by atoms with Gasteiger partial charge < -0.3 is 9.88 Å². The van der Waals surface area contributed by atoms with E-state index in [0.717, 1.165) is 5.56 Å². The van der Waals surface area contributed by atoms with Crippen LogP contribution < -0.4 is 10.7 Å². The molecule has 1 amide bonds. The second kappa shape index (κ2) is 9.11. The molecular formula is C27H25FN2O4S. The Morgan fingerprint density at radius 1 is 0.943 bits per heavy atom. The number of nitrogens with zero attached hydrogens (tertiary/aromatic N) is 1. The topological polar surface area (TPSA) is 85.2 Å². The van der Waals surface area contributed by atoms with E-state index in [9.17, 15) is 22.4 Å². The van der Waals surface area contributed by atoms with Crippen LogP contribution in [0.5, 0.6) is 0 Å². The maximum Gasteiger partial charge on any atom is 0.244 e. The monoisotopic (exact) mass is 492 g/mol. The second-order valence-electron chi connectivity index (χ2n) is 9.30. The highest BCUT2D eigenvalue weighted by Gasteiger charge is 2.25. The zero-order chi connectivity index (χ0) is 25.4. The molecule has 0 fully saturated rings. The predicted molar refractivity (Wildman–Crippen MR) is 134 cm³/mol. The summed E-state index contributed by atoms with van der Waals surface area (Å²) < 4.78 is 41.5. The van der Waals surface area contributed by atoms with E-state index in [1.165, 1.54) is 53.2 Å². The Hall–Kier alpha value is -3.78. The molecule has 0 atom stereocenters. The van der Waals surface area contributed by atoms with E-state index >= 15 is 0 Å². The van der Waals surface area contributed by atoms with Gasteiger partial charge in [0.05, 0.1) is 10.4 Å². The van der Waals surface area contributed by atoms with Gasteiger partial charge in [-0.1, -0.05) is 45.0 Å². The molecule has 1 N–H and O–H groups in total. The van der Waals surface area contributed by atoms with Gasteiger partial charge in [0.2, 0.25) is 21.2 Å². The number of anilines is 1. The number of rotatable bonds is 5. The van der Waals surface area contributed by atoms with Gasteiger partial charge in [0.25, 0.3) is 0 Å². The van der Waals surface area contributed by atoms with Crippen LogP contribution in [0.4, 0.5) is 10.1 Å². The van der Waals surface area contributed by atoms with Gasteiger partial charge in [-0.2, -0.15) is 0 Å². The molecule has 0 aliphatic heterocycles. The first kappa shape index (κ1) is 24.3. The van der Waals surface area contributed by atoms with Crippen molar-refractivity contribution in [2.75, 3.05) is 5.32 Å². The molecule has 0 aliphatic carbocycles. The summed E-state index contributed by atoms with van der Waals surface area (Å²) in [5.41, 5.74) is 0.999. The van der Waals surface area contributed by atoms with Crippen LogP contribution >= 0.6 is 0 Å². The number of para-hydroxylation sites is 1. The molecule has 4 aromatic rings. The highest BCUT2D eigenvalue weighted by molar-refractivity contribution is 7.91. The number of halogens is 1. The fourth-order valence-corrected chi connectivity index (χ4v) is 5.16. The third kappa shape index (κ3) is 5.02. The first-order valence-corrected chi connectivity index (χ1v) is 12.5. The number of amides is 1. The Morgan fingerprint density at radius 3 is 2.20 bits per heavy atom. The molecule has 0 radical (unpaired) electrons. The molecular weight excluding hydrogens is 467 g/mol. The zero-order valence-electron chi connectivity index (χ0n) is 19.6. The van der Waals surface area contributed by atoms with Crippen molar-refractivity contribution in [2.45, 2.75) is 42.5 Å². The van der Waals surface area contributed by atoms with Gasteiger partial charge in [0.1, 0.15) is 17.3 Å².